The third-order valence-electron chi connectivity index (χ3n) is 5.41. The Morgan fingerprint density at radius 2 is 2.12 bits per heavy atom. The molecule has 7 heteroatoms. The van der Waals surface area contributed by atoms with Gasteiger partial charge in [-0.15, -0.1) is 11.3 Å². The van der Waals surface area contributed by atoms with Crippen molar-refractivity contribution in [1.82, 2.24) is 14.9 Å². The highest BCUT2D eigenvalue weighted by atomic mass is 32.1. The fourth-order valence-corrected chi connectivity index (χ4v) is 4.97. The van der Waals surface area contributed by atoms with Crippen molar-refractivity contribution in [2.24, 2.45) is 5.92 Å². The summed E-state index contributed by atoms with van der Waals surface area (Å²) >= 11 is 1.51. The Balaban J connectivity index is 1.42. The Labute approximate surface area is 144 Å². The highest BCUT2D eigenvalue weighted by Gasteiger charge is 2.56. The van der Waals surface area contributed by atoms with Crippen LogP contribution in [0.5, 0.6) is 0 Å². The summed E-state index contributed by atoms with van der Waals surface area (Å²) in [6.45, 7) is 3.73. The minimum absolute atomic E-state index is 0.262. The van der Waals surface area contributed by atoms with E-state index >= 15 is 0 Å². The second kappa shape index (κ2) is 5.26. The lowest BCUT2D eigenvalue weighted by molar-refractivity contribution is -0.0881. The van der Waals surface area contributed by atoms with Gasteiger partial charge in [-0.1, -0.05) is 6.07 Å². The fraction of sp³-hybridized carbons (Fsp3) is 0.471. The van der Waals surface area contributed by atoms with E-state index in [-0.39, 0.29) is 11.7 Å². The number of hydrogen-bond acceptors (Lipinski definition) is 6. The van der Waals surface area contributed by atoms with Gasteiger partial charge in [0.05, 0.1) is 12.2 Å². The lowest BCUT2D eigenvalue weighted by Crippen LogP contribution is -2.61. The van der Waals surface area contributed by atoms with Crippen LogP contribution in [0.1, 0.15) is 12.8 Å². The average Bonchev–Trinajstić information content (AvgIpc) is 3.22. The number of rotatable bonds is 2. The van der Waals surface area contributed by atoms with Gasteiger partial charge in [0.1, 0.15) is 16.4 Å². The van der Waals surface area contributed by atoms with Gasteiger partial charge >= 0.3 is 6.09 Å². The molecule has 0 radical (unpaired) electrons. The highest BCUT2D eigenvalue weighted by molar-refractivity contribution is 7.13. The maximum Gasteiger partial charge on any atom is 0.416 e. The van der Waals surface area contributed by atoms with E-state index in [1.165, 1.54) is 11.3 Å². The van der Waals surface area contributed by atoms with Crippen molar-refractivity contribution in [3.05, 3.63) is 29.8 Å². The third-order valence-corrected chi connectivity index (χ3v) is 6.26. The molecule has 4 aliphatic heterocycles. The van der Waals surface area contributed by atoms with E-state index in [9.17, 15) is 4.79 Å². The van der Waals surface area contributed by atoms with E-state index in [0.29, 0.717) is 18.3 Å². The van der Waals surface area contributed by atoms with Crippen LogP contribution in [0.2, 0.25) is 0 Å². The first-order chi connectivity index (χ1) is 11.7. The topological polar surface area (TPSA) is 58.6 Å². The molecule has 1 spiro atoms. The number of thiazole rings is 1. The SMILES string of the molecule is O=C1OC2(CN3CCC2CC3)CN1c1csc(-c2ccccn2)n1. The maximum atomic E-state index is 12.5. The molecular weight excluding hydrogens is 324 g/mol. The van der Waals surface area contributed by atoms with Gasteiger partial charge in [-0.25, -0.2) is 9.78 Å². The van der Waals surface area contributed by atoms with Crippen molar-refractivity contribution in [2.75, 3.05) is 31.1 Å². The molecule has 4 saturated heterocycles. The maximum absolute atomic E-state index is 12.5. The van der Waals surface area contributed by atoms with E-state index in [0.717, 1.165) is 43.2 Å². The van der Waals surface area contributed by atoms with Crippen molar-refractivity contribution in [1.29, 1.82) is 0 Å². The number of amides is 1. The predicted molar refractivity (Wildman–Crippen MR) is 91.1 cm³/mol. The van der Waals surface area contributed by atoms with E-state index in [4.69, 9.17) is 4.74 Å². The number of fused-ring (bicyclic) bond motifs is 2. The molecule has 0 aliphatic carbocycles. The van der Waals surface area contributed by atoms with Gasteiger partial charge in [-0.3, -0.25) is 14.8 Å². The largest absolute Gasteiger partial charge is 0.439 e. The number of carbonyl (C=O) groups is 1. The zero-order valence-electron chi connectivity index (χ0n) is 13.2. The van der Waals surface area contributed by atoms with Crippen molar-refractivity contribution >= 4 is 23.2 Å². The Hall–Kier alpha value is -1.99. The summed E-state index contributed by atoms with van der Waals surface area (Å²) in [7, 11) is 0. The summed E-state index contributed by atoms with van der Waals surface area (Å²) in [4.78, 5) is 25.6. The van der Waals surface area contributed by atoms with Crippen LogP contribution in [0.25, 0.3) is 10.7 Å². The quantitative estimate of drug-likeness (QED) is 0.840. The molecule has 2 aromatic rings. The van der Waals surface area contributed by atoms with Crippen LogP contribution in [0.3, 0.4) is 0 Å². The van der Waals surface area contributed by atoms with Crippen molar-refractivity contribution in [3.63, 3.8) is 0 Å². The van der Waals surface area contributed by atoms with Crippen LogP contribution < -0.4 is 4.90 Å². The van der Waals surface area contributed by atoms with Crippen molar-refractivity contribution in [2.45, 2.75) is 18.4 Å². The molecular formula is C17H18N4O2S. The monoisotopic (exact) mass is 342 g/mol. The summed E-state index contributed by atoms with van der Waals surface area (Å²) in [5, 5.41) is 2.75. The first kappa shape index (κ1) is 14.4. The number of nitrogens with zero attached hydrogens (tertiary/aromatic N) is 4. The van der Waals surface area contributed by atoms with Crippen LogP contribution in [0, 0.1) is 5.92 Å². The van der Waals surface area contributed by atoms with Crippen LogP contribution >= 0.6 is 11.3 Å². The van der Waals surface area contributed by atoms with E-state index in [2.05, 4.69) is 14.9 Å². The number of anilines is 1. The average molecular weight is 342 g/mol. The van der Waals surface area contributed by atoms with Crippen LogP contribution in [0.4, 0.5) is 10.6 Å². The van der Waals surface area contributed by atoms with Gasteiger partial charge in [0.25, 0.3) is 0 Å². The predicted octanol–water partition coefficient (Wildman–Crippen LogP) is 2.63. The number of carbonyl (C=O) groups excluding carboxylic acids is 1. The summed E-state index contributed by atoms with van der Waals surface area (Å²) in [6.07, 6.45) is 3.74. The fourth-order valence-electron chi connectivity index (χ4n) is 4.18. The Morgan fingerprint density at radius 3 is 2.83 bits per heavy atom. The Kier molecular flexibility index (Phi) is 3.14. The van der Waals surface area contributed by atoms with Crippen molar-refractivity contribution in [3.8, 4) is 10.7 Å². The zero-order chi connectivity index (χ0) is 16.1. The number of hydrogen-bond donors (Lipinski definition) is 0. The lowest BCUT2D eigenvalue weighted by atomic mass is 9.75. The molecule has 4 fully saturated rings. The van der Waals surface area contributed by atoms with Gasteiger partial charge in [0, 0.05) is 24.0 Å². The summed E-state index contributed by atoms with van der Waals surface area (Å²) < 4.78 is 5.90. The first-order valence-corrected chi connectivity index (χ1v) is 9.21. The number of pyridine rings is 1. The number of ether oxygens (including phenoxy) is 1. The molecule has 124 valence electrons. The third kappa shape index (κ3) is 2.15. The summed E-state index contributed by atoms with van der Waals surface area (Å²) in [5.41, 5.74) is 0.487. The minimum Gasteiger partial charge on any atom is -0.439 e. The van der Waals surface area contributed by atoms with Gasteiger partial charge < -0.3 is 4.74 Å². The molecule has 0 saturated carbocycles. The van der Waals surface area contributed by atoms with Gasteiger partial charge in [0.15, 0.2) is 0 Å². The molecule has 6 rings (SSSR count). The Bertz CT molecular complexity index is 772. The Morgan fingerprint density at radius 1 is 1.25 bits per heavy atom. The molecule has 2 aromatic heterocycles. The normalized spacial score (nSPS) is 31.7. The van der Waals surface area contributed by atoms with E-state index in [1.54, 1.807) is 11.1 Å². The molecule has 2 bridgehead atoms. The van der Waals surface area contributed by atoms with Crippen molar-refractivity contribution < 1.29 is 9.53 Å². The second-order valence-corrected chi connectivity index (χ2v) is 7.65. The molecule has 1 amide bonds. The van der Waals surface area contributed by atoms with Crippen LogP contribution in [0.15, 0.2) is 29.8 Å². The number of aromatic nitrogens is 2. The standard InChI is InChI=1S/C17H18N4O2S/c22-16-21(11-17(23-16)10-20-7-4-12(17)5-8-20)14-9-24-15(19-14)13-3-1-2-6-18-13/h1-3,6,9,12H,4-5,7-8,10-11H2. The smallest absolute Gasteiger partial charge is 0.416 e. The first-order valence-electron chi connectivity index (χ1n) is 8.33. The van der Waals surface area contributed by atoms with Gasteiger partial charge in [-0.05, 0) is 38.1 Å². The molecule has 4 aliphatic rings. The molecule has 1 atom stereocenters. The van der Waals surface area contributed by atoms with E-state index in [1.807, 2.05) is 23.6 Å². The lowest BCUT2D eigenvalue weighted by Gasteiger charge is -2.49. The highest BCUT2D eigenvalue weighted by Crippen LogP contribution is 2.43. The molecule has 6 heterocycles. The molecule has 6 nitrogen and oxygen atoms in total. The molecule has 1 unspecified atom stereocenters. The van der Waals surface area contributed by atoms with Crippen LogP contribution in [-0.4, -0.2) is 52.7 Å². The summed E-state index contributed by atoms with van der Waals surface area (Å²) in [6, 6.07) is 5.75. The van der Waals surface area contributed by atoms with Gasteiger partial charge in [0.2, 0.25) is 0 Å². The molecule has 0 aromatic carbocycles. The zero-order valence-corrected chi connectivity index (χ0v) is 14.0. The molecule has 24 heavy (non-hydrogen) atoms. The number of piperidine rings is 3. The minimum atomic E-state index is -0.345. The van der Waals surface area contributed by atoms with E-state index < -0.39 is 0 Å². The van der Waals surface area contributed by atoms with Crippen LogP contribution in [-0.2, 0) is 4.74 Å². The van der Waals surface area contributed by atoms with Gasteiger partial charge in [-0.2, -0.15) is 0 Å². The summed E-state index contributed by atoms with van der Waals surface area (Å²) in [5.74, 6) is 1.16. The molecule has 0 N–H and O–H groups in total. The second-order valence-electron chi connectivity index (χ2n) is 6.80.